The Bertz CT molecular complexity index is 639. The third-order valence-corrected chi connectivity index (χ3v) is 4.99. The second kappa shape index (κ2) is 9.03. The third kappa shape index (κ3) is 5.46. The molecule has 0 atom stereocenters. The average molecular weight is 362 g/mol. The van der Waals surface area contributed by atoms with Gasteiger partial charge in [-0.3, -0.25) is 9.59 Å². The Morgan fingerprint density at radius 1 is 1.23 bits per heavy atom. The van der Waals surface area contributed by atoms with Crippen molar-refractivity contribution in [3.63, 3.8) is 0 Å². The Hall–Kier alpha value is -2.08. The fourth-order valence-electron chi connectivity index (χ4n) is 3.05. The molecule has 0 unspecified atom stereocenters. The standard InChI is InChI=1S/C20H32N4O2/c1-15(25)24(12-11-22(2)3)14-17-13-18(9-10-19(17)23(4)5)21-20(26)16-7-6-8-16/h9-10,13,16H,6-8,11-12,14H2,1-5H3,(H,21,26)/p+1. The van der Waals surface area contributed by atoms with Gasteiger partial charge in [0.15, 0.2) is 0 Å². The van der Waals surface area contributed by atoms with Gasteiger partial charge in [-0.15, -0.1) is 0 Å². The number of quaternary nitrogens is 1. The van der Waals surface area contributed by atoms with Crippen LogP contribution in [0.2, 0.25) is 0 Å². The number of benzene rings is 1. The summed E-state index contributed by atoms with van der Waals surface area (Å²) in [5, 5.41) is 3.04. The zero-order valence-electron chi connectivity index (χ0n) is 16.8. The molecular formula is C20H33N4O2+. The number of nitrogens with one attached hydrogen (secondary N) is 2. The lowest BCUT2D eigenvalue weighted by atomic mass is 9.85. The number of nitrogens with zero attached hydrogens (tertiary/aromatic N) is 2. The van der Waals surface area contributed by atoms with Gasteiger partial charge in [-0.2, -0.15) is 0 Å². The molecule has 1 aliphatic carbocycles. The number of hydrogen-bond donors (Lipinski definition) is 2. The predicted octanol–water partition coefficient (Wildman–Crippen LogP) is 0.984. The minimum atomic E-state index is 0.0693. The van der Waals surface area contributed by atoms with Crippen LogP contribution in [0.15, 0.2) is 18.2 Å². The largest absolute Gasteiger partial charge is 0.377 e. The van der Waals surface area contributed by atoms with E-state index in [0.29, 0.717) is 13.1 Å². The maximum Gasteiger partial charge on any atom is 0.227 e. The van der Waals surface area contributed by atoms with Gasteiger partial charge in [0.2, 0.25) is 11.8 Å². The number of likely N-dealkylation sites (N-methyl/N-ethyl adjacent to an activating group) is 1. The topological polar surface area (TPSA) is 57.1 Å². The fraction of sp³-hybridized carbons (Fsp3) is 0.600. The Morgan fingerprint density at radius 3 is 2.42 bits per heavy atom. The van der Waals surface area contributed by atoms with E-state index in [4.69, 9.17) is 0 Å². The average Bonchev–Trinajstić information content (AvgIpc) is 2.48. The molecule has 6 heteroatoms. The molecule has 1 aliphatic rings. The van der Waals surface area contributed by atoms with Crippen molar-refractivity contribution in [1.82, 2.24) is 4.90 Å². The first-order valence-electron chi connectivity index (χ1n) is 9.43. The van der Waals surface area contributed by atoms with Gasteiger partial charge >= 0.3 is 0 Å². The third-order valence-electron chi connectivity index (χ3n) is 4.99. The number of rotatable bonds is 8. The van der Waals surface area contributed by atoms with Crippen molar-refractivity contribution in [2.45, 2.75) is 32.7 Å². The van der Waals surface area contributed by atoms with Gasteiger partial charge in [0.1, 0.15) is 0 Å². The van der Waals surface area contributed by atoms with E-state index in [1.807, 2.05) is 42.1 Å². The van der Waals surface area contributed by atoms with Crippen LogP contribution in [0.1, 0.15) is 31.7 Å². The van der Waals surface area contributed by atoms with Crippen LogP contribution >= 0.6 is 0 Å². The highest BCUT2D eigenvalue weighted by Crippen LogP contribution is 2.29. The zero-order chi connectivity index (χ0) is 19.3. The molecule has 0 aliphatic heterocycles. The minimum absolute atomic E-state index is 0.0693. The molecule has 2 N–H and O–H groups in total. The summed E-state index contributed by atoms with van der Waals surface area (Å²) < 4.78 is 0. The molecule has 0 radical (unpaired) electrons. The summed E-state index contributed by atoms with van der Waals surface area (Å²) in [6.07, 6.45) is 3.11. The second-order valence-corrected chi connectivity index (χ2v) is 7.75. The van der Waals surface area contributed by atoms with Crippen molar-refractivity contribution >= 4 is 23.2 Å². The molecule has 1 aromatic rings. The number of carbonyl (C=O) groups is 2. The quantitative estimate of drug-likeness (QED) is 0.726. The van der Waals surface area contributed by atoms with Crippen LogP contribution in [0.4, 0.5) is 11.4 Å². The van der Waals surface area contributed by atoms with E-state index in [-0.39, 0.29) is 17.7 Å². The van der Waals surface area contributed by atoms with Crippen molar-refractivity contribution in [2.75, 3.05) is 51.5 Å². The van der Waals surface area contributed by atoms with Crippen LogP contribution in [0.5, 0.6) is 0 Å². The lowest BCUT2D eigenvalue weighted by molar-refractivity contribution is -0.857. The smallest absolute Gasteiger partial charge is 0.227 e. The highest BCUT2D eigenvalue weighted by atomic mass is 16.2. The summed E-state index contributed by atoms with van der Waals surface area (Å²) in [6, 6.07) is 5.96. The van der Waals surface area contributed by atoms with Crippen LogP contribution in [0.25, 0.3) is 0 Å². The van der Waals surface area contributed by atoms with Crippen LogP contribution in [-0.2, 0) is 16.1 Å². The Balaban J connectivity index is 2.17. The Morgan fingerprint density at radius 2 is 1.92 bits per heavy atom. The maximum atomic E-state index is 12.2. The van der Waals surface area contributed by atoms with E-state index in [9.17, 15) is 9.59 Å². The molecule has 0 saturated heterocycles. The molecule has 144 valence electrons. The molecular weight excluding hydrogens is 328 g/mol. The molecule has 6 nitrogen and oxygen atoms in total. The first-order valence-corrected chi connectivity index (χ1v) is 9.43. The molecule has 1 saturated carbocycles. The minimum Gasteiger partial charge on any atom is -0.377 e. The second-order valence-electron chi connectivity index (χ2n) is 7.75. The lowest BCUT2D eigenvalue weighted by Gasteiger charge is -2.27. The number of anilines is 2. The molecule has 1 aromatic carbocycles. The van der Waals surface area contributed by atoms with E-state index < -0.39 is 0 Å². The van der Waals surface area contributed by atoms with E-state index in [0.717, 1.165) is 42.7 Å². The van der Waals surface area contributed by atoms with E-state index >= 15 is 0 Å². The Labute approximate surface area is 157 Å². The van der Waals surface area contributed by atoms with Crippen molar-refractivity contribution < 1.29 is 14.5 Å². The van der Waals surface area contributed by atoms with E-state index in [2.05, 4.69) is 19.4 Å². The number of amides is 2. The van der Waals surface area contributed by atoms with Crippen molar-refractivity contribution in [2.24, 2.45) is 5.92 Å². The molecule has 0 spiro atoms. The van der Waals surface area contributed by atoms with Gasteiger partial charge in [-0.05, 0) is 36.6 Å². The van der Waals surface area contributed by atoms with Crippen LogP contribution in [0, 0.1) is 5.92 Å². The van der Waals surface area contributed by atoms with Gasteiger partial charge in [0.25, 0.3) is 0 Å². The zero-order valence-corrected chi connectivity index (χ0v) is 16.8. The lowest BCUT2D eigenvalue weighted by Crippen LogP contribution is -3.06. The summed E-state index contributed by atoms with van der Waals surface area (Å²) in [7, 11) is 8.15. The molecule has 0 aromatic heterocycles. The molecule has 1 fully saturated rings. The van der Waals surface area contributed by atoms with Crippen LogP contribution in [0.3, 0.4) is 0 Å². The SMILES string of the molecule is CC(=O)N(CC[NH+](C)C)Cc1cc(NC(=O)C2CCC2)ccc1N(C)C. The van der Waals surface area contributed by atoms with Gasteiger partial charge in [0.05, 0.1) is 27.2 Å². The van der Waals surface area contributed by atoms with Gasteiger partial charge in [-0.1, -0.05) is 6.42 Å². The predicted molar refractivity (Wildman–Crippen MR) is 106 cm³/mol. The van der Waals surface area contributed by atoms with Crippen LogP contribution < -0.4 is 15.1 Å². The summed E-state index contributed by atoms with van der Waals surface area (Å²) >= 11 is 0. The molecule has 2 amide bonds. The fourth-order valence-corrected chi connectivity index (χ4v) is 3.05. The molecule has 26 heavy (non-hydrogen) atoms. The first-order chi connectivity index (χ1) is 12.3. The Kier molecular flexibility index (Phi) is 7.03. The number of carbonyl (C=O) groups excluding carboxylic acids is 2. The summed E-state index contributed by atoms with van der Waals surface area (Å²) in [6.45, 7) is 3.77. The summed E-state index contributed by atoms with van der Waals surface area (Å²) in [5.41, 5.74) is 2.92. The van der Waals surface area contributed by atoms with E-state index in [1.165, 1.54) is 4.90 Å². The van der Waals surface area contributed by atoms with Gasteiger partial charge < -0.3 is 20.0 Å². The first kappa shape index (κ1) is 20.2. The normalized spacial score (nSPS) is 14.1. The van der Waals surface area contributed by atoms with Crippen LogP contribution in [-0.4, -0.2) is 58.0 Å². The van der Waals surface area contributed by atoms with Gasteiger partial charge in [0, 0.05) is 44.9 Å². The van der Waals surface area contributed by atoms with E-state index in [1.54, 1.807) is 6.92 Å². The van der Waals surface area contributed by atoms with Gasteiger partial charge in [-0.25, -0.2) is 0 Å². The highest BCUT2D eigenvalue weighted by molar-refractivity contribution is 5.93. The molecule has 2 rings (SSSR count). The molecule has 0 heterocycles. The highest BCUT2D eigenvalue weighted by Gasteiger charge is 2.25. The number of hydrogen-bond acceptors (Lipinski definition) is 3. The summed E-state index contributed by atoms with van der Waals surface area (Å²) in [4.78, 5) is 29.5. The monoisotopic (exact) mass is 361 g/mol. The van der Waals surface area contributed by atoms with Crippen molar-refractivity contribution in [3.05, 3.63) is 23.8 Å². The van der Waals surface area contributed by atoms with Crippen molar-refractivity contribution in [3.8, 4) is 0 Å². The maximum absolute atomic E-state index is 12.2. The summed E-state index contributed by atoms with van der Waals surface area (Å²) in [5.74, 6) is 0.336. The molecule has 0 bridgehead atoms. The van der Waals surface area contributed by atoms with Crippen molar-refractivity contribution in [1.29, 1.82) is 0 Å².